The van der Waals surface area contributed by atoms with E-state index in [2.05, 4.69) is 0 Å². The number of carbonyl (C=O) groups is 3. The zero-order valence-electron chi connectivity index (χ0n) is 13.3. The van der Waals surface area contributed by atoms with Gasteiger partial charge in [-0.3, -0.25) is 14.4 Å². The molecule has 0 radical (unpaired) electrons. The van der Waals surface area contributed by atoms with Crippen LogP contribution in [-0.2, 0) is 20.8 Å². The number of amides is 3. The van der Waals surface area contributed by atoms with Crippen LogP contribution in [0.4, 0.5) is 0 Å². The van der Waals surface area contributed by atoms with E-state index in [1.165, 1.54) is 6.08 Å². The van der Waals surface area contributed by atoms with Gasteiger partial charge in [-0.25, -0.2) is 0 Å². The van der Waals surface area contributed by atoms with Crippen LogP contribution in [0.5, 0.6) is 0 Å². The molecule has 0 atom stereocenters. The maximum atomic E-state index is 12.2. The monoisotopic (exact) mass is 329 g/mol. The zero-order valence-corrected chi connectivity index (χ0v) is 13.3. The van der Waals surface area contributed by atoms with Crippen LogP contribution in [0.25, 0.3) is 17.0 Å². The molecule has 0 bridgehead atoms. The van der Waals surface area contributed by atoms with Crippen LogP contribution < -0.4 is 11.5 Å². The Morgan fingerprint density at radius 1 is 1.12 bits per heavy atom. The molecule has 0 aliphatic rings. The van der Waals surface area contributed by atoms with E-state index in [0.29, 0.717) is 6.42 Å². The van der Waals surface area contributed by atoms with Crippen molar-refractivity contribution < 1.29 is 18.8 Å². The molecule has 4 N–H and O–H groups in total. The maximum absolute atomic E-state index is 12.2. The number of benzene rings is 1. The molecule has 3 amide bonds. The van der Waals surface area contributed by atoms with Crippen molar-refractivity contribution in [1.82, 2.24) is 4.90 Å². The van der Waals surface area contributed by atoms with Crippen molar-refractivity contribution in [3.05, 3.63) is 41.7 Å². The van der Waals surface area contributed by atoms with Crippen LogP contribution >= 0.6 is 0 Å². The van der Waals surface area contributed by atoms with Gasteiger partial charge >= 0.3 is 0 Å². The summed E-state index contributed by atoms with van der Waals surface area (Å²) in [4.78, 5) is 35.3. The second-order valence-electron chi connectivity index (χ2n) is 5.25. The van der Waals surface area contributed by atoms with E-state index < -0.39 is 17.7 Å². The lowest BCUT2D eigenvalue weighted by atomic mass is 10.1. The van der Waals surface area contributed by atoms with E-state index >= 15 is 0 Å². The molecule has 1 aromatic heterocycles. The quantitative estimate of drug-likeness (QED) is 0.730. The van der Waals surface area contributed by atoms with Crippen molar-refractivity contribution in [2.45, 2.75) is 13.3 Å². The smallest absolute Gasteiger partial charge is 0.247 e. The van der Waals surface area contributed by atoms with E-state index in [-0.39, 0.29) is 13.1 Å². The standard InChI is InChI=1S/C17H19N3O4/c1-2-13-12(11-5-3-4-6-14(11)24-13)7-8-17(23)20(9-15(18)21)10-16(19)22/h3-8H,2,9-10H2,1H3,(H2,18,21)(H2,19,22). The third-order valence-electron chi connectivity index (χ3n) is 3.43. The van der Waals surface area contributed by atoms with Gasteiger partial charge in [0.1, 0.15) is 24.4 Å². The third-order valence-corrected chi connectivity index (χ3v) is 3.43. The Morgan fingerprint density at radius 2 is 1.75 bits per heavy atom. The molecule has 1 heterocycles. The first-order valence-electron chi connectivity index (χ1n) is 7.46. The molecule has 7 nitrogen and oxygen atoms in total. The first kappa shape index (κ1) is 17.3. The molecule has 0 saturated carbocycles. The lowest BCUT2D eigenvalue weighted by Gasteiger charge is -2.17. The molecule has 2 aromatic rings. The average Bonchev–Trinajstić information content (AvgIpc) is 2.88. The molecule has 126 valence electrons. The summed E-state index contributed by atoms with van der Waals surface area (Å²) in [5.74, 6) is -1.22. The molecule has 1 aromatic carbocycles. The number of furan rings is 1. The van der Waals surface area contributed by atoms with Crippen molar-refractivity contribution in [2.24, 2.45) is 11.5 Å². The van der Waals surface area contributed by atoms with Crippen LogP contribution in [0.1, 0.15) is 18.2 Å². The van der Waals surface area contributed by atoms with Gasteiger partial charge in [0.05, 0.1) is 0 Å². The second kappa shape index (κ2) is 7.45. The van der Waals surface area contributed by atoms with Gasteiger partial charge in [0.25, 0.3) is 0 Å². The van der Waals surface area contributed by atoms with Crippen LogP contribution in [0.3, 0.4) is 0 Å². The van der Waals surface area contributed by atoms with E-state index in [1.54, 1.807) is 6.08 Å². The average molecular weight is 329 g/mol. The molecule has 0 saturated heterocycles. The summed E-state index contributed by atoms with van der Waals surface area (Å²) >= 11 is 0. The Labute approximate surface area is 138 Å². The number of nitrogens with two attached hydrogens (primary N) is 2. The Balaban J connectivity index is 2.29. The number of fused-ring (bicyclic) bond motifs is 1. The number of carbonyl (C=O) groups excluding carboxylic acids is 3. The van der Waals surface area contributed by atoms with E-state index in [1.807, 2.05) is 31.2 Å². The number of hydrogen-bond acceptors (Lipinski definition) is 4. The lowest BCUT2D eigenvalue weighted by molar-refractivity contribution is -0.134. The lowest BCUT2D eigenvalue weighted by Crippen LogP contribution is -2.42. The van der Waals surface area contributed by atoms with Crippen LogP contribution in [-0.4, -0.2) is 35.7 Å². The Kier molecular flexibility index (Phi) is 5.36. The van der Waals surface area contributed by atoms with Crippen molar-refractivity contribution in [3.63, 3.8) is 0 Å². The van der Waals surface area contributed by atoms with E-state index in [4.69, 9.17) is 15.9 Å². The molecule has 0 spiro atoms. The molecule has 7 heteroatoms. The van der Waals surface area contributed by atoms with Gasteiger partial charge < -0.3 is 20.8 Å². The van der Waals surface area contributed by atoms with Gasteiger partial charge in [-0.05, 0) is 12.1 Å². The summed E-state index contributed by atoms with van der Waals surface area (Å²) in [5, 5.41) is 0.884. The molecular formula is C17H19N3O4. The van der Waals surface area contributed by atoms with Crippen LogP contribution in [0, 0.1) is 0 Å². The second-order valence-corrected chi connectivity index (χ2v) is 5.25. The minimum Gasteiger partial charge on any atom is -0.460 e. The van der Waals surface area contributed by atoms with Gasteiger partial charge in [0, 0.05) is 23.4 Å². The Hall–Kier alpha value is -3.09. The molecule has 2 rings (SSSR count). The highest BCUT2D eigenvalue weighted by Gasteiger charge is 2.16. The van der Waals surface area contributed by atoms with Crippen LogP contribution in [0.15, 0.2) is 34.8 Å². The number of rotatable bonds is 7. The number of aryl methyl sites for hydroxylation is 1. The summed E-state index contributed by atoms with van der Waals surface area (Å²) < 4.78 is 5.75. The molecule has 0 fully saturated rings. The molecule has 24 heavy (non-hydrogen) atoms. The van der Waals surface area contributed by atoms with Gasteiger partial charge in [0.15, 0.2) is 0 Å². The Bertz CT molecular complexity index is 791. The fourth-order valence-electron chi connectivity index (χ4n) is 2.41. The highest BCUT2D eigenvalue weighted by Crippen LogP contribution is 2.27. The SMILES string of the molecule is CCc1oc2ccccc2c1C=CC(=O)N(CC(N)=O)CC(N)=O. The molecule has 0 aliphatic carbocycles. The topological polar surface area (TPSA) is 120 Å². The van der Waals surface area contributed by atoms with Crippen molar-refractivity contribution >= 4 is 34.8 Å². The first-order valence-corrected chi connectivity index (χ1v) is 7.46. The summed E-state index contributed by atoms with van der Waals surface area (Å²) in [5.41, 5.74) is 11.7. The summed E-state index contributed by atoms with van der Waals surface area (Å²) in [6, 6.07) is 7.49. The first-order chi connectivity index (χ1) is 11.4. The molecular weight excluding hydrogens is 310 g/mol. The fourth-order valence-corrected chi connectivity index (χ4v) is 2.41. The Morgan fingerprint density at radius 3 is 2.33 bits per heavy atom. The van der Waals surface area contributed by atoms with Gasteiger partial charge in [0.2, 0.25) is 17.7 Å². The number of primary amides is 2. The molecule has 0 unspecified atom stereocenters. The zero-order chi connectivity index (χ0) is 17.7. The maximum Gasteiger partial charge on any atom is 0.247 e. The van der Waals surface area contributed by atoms with E-state index in [0.717, 1.165) is 27.2 Å². The number of hydrogen-bond donors (Lipinski definition) is 2. The van der Waals surface area contributed by atoms with Crippen molar-refractivity contribution in [1.29, 1.82) is 0 Å². The normalized spacial score (nSPS) is 11.0. The number of para-hydroxylation sites is 1. The van der Waals surface area contributed by atoms with Gasteiger partial charge in [-0.2, -0.15) is 0 Å². The van der Waals surface area contributed by atoms with Crippen LogP contribution in [0.2, 0.25) is 0 Å². The highest BCUT2D eigenvalue weighted by atomic mass is 16.3. The summed E-state index contributed by atoms with van der Waals surface area (Å²) in [7, 11) is 0. The number of nitrogens with zero attached hydrogens (tertiary/aromatic N) is 1. The fraction of sp³-hybridized carbons (Fsp3) is 0.235. The predicted molar refractivity (Wildman–Crippen MR) is 89.6 cm³/mol. The van der Waals surface area contributed by atoms with Crippen molar-refractivity contribution in [2.75, 3.05) is 13.1 Å². The van der Waals surface area contributed by atoms with Crippen molar-refractivity contribution in [3.8, 4) is 0 Å². The summed E-state index contributed by atoms with van der Waals surface area (Å²) in [6.07, 6.45) is 3.55. The minimum atomic E-state index is -0.721. The minimum absolute atomic E-state index is 0.376. The van der Waals surface area contributed by atoms with E-state index in [9.17, 15) is 14.4 Å². The molecule has 0 aliphatic heterocycles. The predicted octanol–water partition coefficient (Wildman–Crippen LogP) is 0.808. The highest BCUT2D eigenvalue weighted by molar-refractivity contribution is 5.99. The largest absolute Gasteiger partial charge is 0.460 e. The van der Waals surface area contributed by atoms with Gasteiger partial charge in [-0.1, -0.05) is 25.1 Å². The van der Waals surface area contributed by atoms with Gasteiger partial charge in [-0.15, -0.1) is 0 Å². The third kappa shape index (κ3) is 4.01. The summed E-state index contributed by atoms with van der Waals surface area (Å²) in [6.45, 7) is 1.20.